The van der Waals surface area contributed by atoms with Gasteiger partial charge in [-0.25, -0.2) is 0 Å². The van der Waals surface area contributed by atoms with Gasteiger partial charge in [-0.1, -0.05) is 11.2 Å². The molecule has 0 N–H and O–H groups in total. The van der Waals surface area contributed by atoms with Gasteiger partial charge in [0.25, 0.3) is 5.82 Å². The smallest absolute Gasteiger partial charge is 0.189 e. The molecule has 0 saturated carbocycles. The number of hydrogen-bond donors (Lipinski definition) is 0. The van der Waals surface area contributed by atoms with Crippen molar-refractivity contribution in [1.29, 1.82) is 5.26 Å². The van der Waals surface area contributed by atoms with E-state index in [1.54, 1.807) is 0 Å². The van der Waals surface area contributed by atoms with Crippen LogP contribution in [-0.2, 0) is 0 Å². The average Bonchev–Trinajstić information content (AvgIpc) is 2.63. The van der Waals surface area contributed by atoms with Crippen molar-refractivity contribution in [3.8, 4) is 11.8 Å². The van der Waals surface area contributed by atoms with E-state index in [4.69, 9.17) is 5.26 Å². The minimum Gasteiger partial charge on any atom is -0.189 e. The van der Waals surface area contributed by atoms with Gasteiger partial charge in [-0.05, 0) is 47.5 Å². The maximum atomic E-state index is 8.79. The monoisotopic (exact) mass is 199 g/mol. The lowest BCUT2D eigenvalue weighted by molar-refractivity contribution is 0.784. The molecule has 2 aromatic rings. The highest BCUT2D eigenvalue weighted by Gasteiger charge is 2.07. The fraction of sp³-hybridized carbons (Fsp3) is 0.200. The highest BCUT2D eigenvalue weighted by atomic mass is 15.5. The van der Waals surface area contributed by atoms with E-state index in [1.807, 2.05) is 32.0 Å². The van der Waals surface area contributed by atoms with Crippen LogP contribution in [0, 0.1) is 25.2 Å². The summed E-state index contributed by atoms with van der Waals surface area (Å²) >= 11 is 0. The van der Waals surface area contributed by atoms with Crippen molar-refractivity contribution in [1.82, 2.24) is 20.2 Å². The van der Waals surface area contributed by atoms with Crippen molar-refractivity contribution in [2.75, 3.05) is 0 Å². The summed E-state index contributed by atoms with van der Waals surface area (Å²) in [5.41, 5.74) is 3.04. The molecular weight excluding hydrogens is 190 g/mol. The Balaban J connectivity index is 2.60. The Labute approximate surface area is 87.0 Å². The first-order chi connectivity index (χ1) is 7.20. The largest absolute Gasteiger partial charge is 0.257 e. The van der Waals surface area contributed by atoms with Crippen LogP contribution in [0.5, 0.6) is 0 Å². The second kappa shape index (κ2) is 3.50. The summed E-state index contributed by atoms with van der Waals surface area (Å²) < 4.78 is 1.43. The number of benzene rings is 1. The van der Waals surface area contributed by atoms with Crippen LogP contribution in [0.1, 0.15) is 17.0 Å². The number of rotatable bonds is 1. The summed E-state index contributed by atoms with van der Waals surface area (Å²) in [6.45, 7) is 3.99. The Kier molecular flexibility index (Phi) is 2.18. The highest BCUT2D eigenvalue weighted by Crippen LogP contribution is 2.13. The summed E-state index contributed by atoms with van der Waals surface area (Å²) in [6, 6.07) is 7.86. The van der Waals surface area contributed by atoms with E-state index in [0.717, 1.165) is 16.8 Å². The molecule has 0 aliphatic carbocycles. The third-order valence-corrected chi connectivity index (χ3v) is 2.02. The summed E-state index contributed by atoms with van der Waals surface area (Å²) in [5.74, 6) is 0.194. The van der Waals surface area contributed by atoms with E-state index < -0.39 is 0 Å². The van der Waals surface area contributed by atoms with Crippen molar-refractivity contribution >= 4 is 0 Å². The van der Waals surface area contributed by atoms with Crippen LogP contribution in [0.4, 0.5) is 0 Å². The molecular formula is C10H9N5. The first-order valence-corrected chi connectivity index (χ1v) is 4.48. The molecule has 1 heterocycles. The molecule has 5 heteroatoms. The predicted molar refractivity (Wildman–Crippen MR) is 53.3 cm³/mol. The Morgan fingerprint density at radius 2 is 1.87 bits per heavy atom. The Bertz CT molecular complexity index is 515. The highest BCUT2D eigenvalue weighted by molar-refractivity contribution is 5.40. The lowest BCUT2D eigenvalue weighted by atomic mass is 10.1. The van der Waals surface area contributed by atoms with Crippen molar-refractivity contribution in [3.05, 3.63) is 35.2 Å². The van der Waals surface area contributed by atoms with Crippen LogP contribution in [0.2, 0.25) is 0 Å². The lowest BCUT2D eigenvalue weighted by Crippen LogP contribution is -2.01. The molecule has 0 radical (unpaired) electrons. The van der Waals surface area contributed by atoms with Gasteiger partial charge in [0.2, 0.25) is 0 Å². The fourth-order valence-corrected chi connectivity index (χ4v) is 1.50. The van der Waals surface area contributed by atoms with Gasteiger partial charge >= 0.3 is 0 Å². The van der Waals surface area contributed by atoms with E-state index in [2.05, 4.69) is 21.6 Å². The summed E-state index contributed by atoms with van der Waals surface area (Å²) in [4.78, 5) is 0. The minimum atomic E-state index is 0.194. The minimum absolute atomic E-state index is 0.194. The van der Waals surface area contributed by atoms with Crippen LogP contribution in [-0.4, -0.2) is 20.2 Å². The number of aryl methyl sites for hydroxylation is 2. The van der Waals surface area contributed by atoms with Gasteiger partial charge < -0.3 is 0 Å². The molecule has 0 atom stereocenters. The molecule has 5 nitrogen and oxygen atoms in total. The van der Waals surface area contributed by atoms with Gasteiger partial charge in [0, 0.05) is 0 Å². The van der Waals surface area contributed by atoms with Gasteiger partial charge in [-0.15, -0.1) is 0 Å². The quantitative estimate of drug-likeness (QED) is 0.691. The number of nitriles is 1. The number of tetrazole rings is 1. The third-order valence-electron chi connectivity index (χ3n) is 2.02. The number of nitrogens with zero attached hydrogens (tertiary/aromatic N) is 5. The molecule has 2 rings (SSSR count). The first kappa shape index (κ1) is 9.34. The molecule has 0 spiro atoms. The Hall–Kier alpha value is -2.22. The molecule has 1 aromatic heterocycles. The molecule has 0 amide bonds. The zero-order chi connectivity index (χ0) is 10.8. The number of hydrogen-bond acceptors (Lipinski definition) is 4. The van der Waals surface area contributed by atoms with Crippen molar-refractivity contribution in [2.45, 2.75) is 13.8 Å². The van der Waals surface area contributed by atoms with E-state index in [1.165, 1.54) is 4.68 Å². The van der Waals surface area contributed by atoms with Gasteiger partial charge in [-0.2, -0.15) is 9.94 Å². The lowest BCUT2D eigenvalue weighted by Gasteiger charge is -2.03. The van der Waals surface area contributed by atoms with Gasteiger partial charge in [-0.3, -0.25) is 0 Å². The summed E-state index contributed by atoms with van der Waals surface area (Å²) in [6.07, 6.45) is 0. The van der Waals surface area contributed by atoms with Gasteiger partial charge in [0.15, 0.2) is 0 Å². The van der Waals surface area contributed by atoms with Crippen molar-refractivity contribution in [3.63, 3.8) is 0 Å². The Morgan fingerprint density at radius 1 is 1.20 bits per heavy atom. The maximum Gasteiger partial charge on any atom is 0.257 e. The molecule has 15 heavy (non-hydrogen) atoms. The van der Waals surface area contributed by atoms with Gasteiger partial charge in [0.05, 0.1) is 5.69 Å². The molecule has 0 fully saturated rings. The zero-order valence-corrected chi connectivity index (χ0v) is 8.47. The number of aromatic nitrogens is 4. The first-order valence-electron chi connectivity index (χ1n) is 4.48. The summed E-state index contributed by atoms with van der Waals surface area (Å²) in [7, 11) is 0. The van der Waals surface area contributed by atoms with Crippen molar-refractivity contribution in [2.24, 2.45) is 0 Å². The average molecular weight is 199 g/mol. The maximum absolute atomic E-state index is 8.79. The SMILES string of the molecule is Cc1cc(C)cc(-n2nnnc2C#N)c1. The van der Waals surface area contributed by atoms with Crippen molar-refractivity contribution < 1.29 is 0 Å². The predicted octanol–water partition coefficient (Wildman–Crippen LogP) is 1.15. The second-order valence-corrected chi connectivity index (χ2v) is 3.37. The molecule has 0 bridgehead atoms. The molecule has 0 saturated heterocycles. The molecule has 0 aliphatic rings. The van der Waals surface area contributed by atoms with Crippen LogP contribution in [0.25, 0.3) is 5.69 Å². The van der Waals surface area contributed by atoms with Crippen LogP contribution < -0.4 is 0 Å². The second-order valence-electron chi connectivity index (χ2n) is 3.37. The standard InChI is InChI=1S/C10H9N5/c1-7-3-8(2)5-9(4-7)15-10(6-11)12-13-14-15/h3-5H,1-2H3. The molecule has 0 aliphatic heterocycles. The van der Waals surface area contributed by atoms with E-state index in [9.17, 15) is 0 Å². The van der Waals surface area contributed by atoms with Crippen LogP contribution in [0.3, 0.4) is 0 Å². The fourth-order valence-electron chi connectivity index (χ4n) is 1.50. The van der Waals surface area contributed by atoms with E-state index >= 15 is 0 Å². The normalized spacial score (nSPS) is 9.93. The van der Waals surface area contributed by atoms with Gasteiger partial charge in [0.1, 0.15) is 6.07 Å². The molecule has 74 valence electrons. The zero-order valence-electron chi connectivity index (χ0n) is 8.47. The van der Waals surface area contributed by atoms with E-state index in [0.29, 0.717) is 0 Å². The van der Waals surface area contributed by atoms with Crippen LogP contribution in [0.15, 0.2) is 18.2 Å². The Morgan fingerprint density at radius 3 is 2.47 bits per heavy atom. The molecule has 0 unspecified atom stereocenters. The summed E-state index contributed by atoms with van der Waals surface area (Å²) in [5, 5.41) is 19.6. The third kappa shape index (κ3) is 1.70. The van der Waals surface area contributed by atoms with E-state index in [-0.39, 0.29) is 5.82 Å². The van der Waals surface area contributed by atoms with Crippen LogP contribution >= 0.6 is 0 Å². The molecule has 1 aromatic carbocycles. The topological polar surface area (TPSA) is 67.4 Å².